The molecular weight excluding hydrogens is 464 g/mol. The van der Waals surface area contributed by atoms with Gasteiger partial charge in [-0.05, 0) is 47.9 Å². The Balaban J connectivity index is 1.79. The van der Waals surface area contributed by atoms with Gasteiger partial charge in [-0.15, -0.1) is 0 Å². The van der Waals surface area contributed by atoms with Gasteiger partial charge < -0.3 is 14.8 Å². The minimum Gasteiger partial charge on any atom is -0.497 e. The Morgan fingerprint density at radius 3 is 2.24 bits per heavy atom. The van der Waals surface area contributed by atoms with Gasteiger partial charge in [-0.3, -0.25) is 4.79 Å². The van der Waals surface area contributed by atoms with Crippen LogP contribution in [-0.2, 0) is 27.8 Å². The molecule has 0 saturated carbocycles. The largest absolute Gasteiger partial charge is 0.497 e. The average molecular weight is 489 g/mol. The lowest BCUT2D eigenvalue weighted by Gasteiger charge is -2.19. The first-order valence-electron chi connectivity index (χ1n) is 10.1. The predicted molar refractivity (Wildman–Crippen MR) is 127 cm³/mol. The summed E-state index contributed by atoms with van der Waals surface area (Å²) in [5, 5.41) is 2.96. The molecule has 3 aromatic carbocycles. The summed E-state index contributed by atoms with van der Waals surface area (Å²) in [6.07, 6.45) is 0.179. The second-order valence-electron chi connectivity index (χ2n) is 7.23. The van der Waals surface area contributed by atoms with Gasteiger partial charge in [-0.2, -0.15) is 4.72 Å². The van der Waals surface area contributed by atoms with Crippen molar-refractivity contribution in [1.82, 2.24) is 10.0 Å². The van der Waals surface area contributed by atoms with Crippen LogP contribution in [-0.4, -0.2) is 34.6 Å². The number of carbonyl (C=O) groups excluding carboxylic acids is 1. The summed E-state index contributed by atoms with van der Waals surface area (Å²) in [5.74, 6) is 0.615. The molecule has 0 bridgehead atoms. The first-order valence-corrected chi connectivity index (χ1v) is 12.0. The number of ether oxygens (including phenoxy) is 2. The smallest absolute Gasteiger partial charge is 0.241 e. The molecule has 174 valence electrons. The first-order chi connectivity index (χ1) is 15.8. The lowest BCUT2D eigenvalue weighted by molar-refractivity contribution is -0.122. The zero-order valence-electron chi connectivity index (χ0n) is 18.2. The summed E-state index contributed by atoms with van der Waals surface area (Å²) in [6, 6.07) is 19.5. The van der Waals surface area contributed by atoms with Crippen molar-refractivity contribution >= 4 is 27.5 Å². The lowest BCUT2D eigenvalue weighted by atomic mass is 10.1. The maximum absolute atomic E-state index is 13.0. The van der Waals surface area contributed by atoms with Gasteiger partial charge in [0.1, 0.15) is 17.5 Å². The number of methoxy groups -OCH3 is 2. The van der Waals surface area contributed by atoms with Crippen LogP contribution >= 0.6 is 11.6 Å². The van der Waals surface area contributed by atoms with Crippen LogP contribution in [0.25, 0.3) is 0 Å². The van der Waals surface area contributed by atoms with Crippen LogP contribution in [0, 0.1) is 0 Å². The van der Waals surface area contributed by atoms with Crippen LogP contribution in [0.5, 0.6) is 11.5 Å². The van der Waals surface area contributed by atoms with Gasteiger partial charge in [-0.25, -0.2) is 8.42 Å². The highest BCUT2D eigenvalue weighted by Gasteiger charge is 2.26. The number of amides is 1. The summed E-state index contributed by atoms with van der Waals surface area (Å²) >= 11 is 6.10. The van der Waals surface area contributed by atoms with Crippen LogP contribution in [0.4, 0.5) is 0 Å². The SMILES string of the molecule is COc1ccc(CNC(=O)C(Cc2ccccc2)NS(=O)(=O)c2ccc(OC)c(Cl)c2)cc1. The summed E-state index contributed by atoms with van der Waals surface area (Å²) in [4.78, 5) is 13.0. The molecule has 0 aliphatic rings. The summed E-state index contributed by atoms with van der Waals surface area (Å²) in [7, 11) is -1.01. The second-order valence-corrected chi connectivity index (χ2v) is 9.35. The predicted octanol–water partition coefficient (Wildman–Crippen LogP) is 3.56. The molecule has 0 radical (unpaired) electrons. The third-order valence-electron chi connectivity index (χ3n) is 4.96. The minimum atomic E-state index is -4.03. The maximum Gasteiger partial charge on any atom is 0.241 e. The van der Waals surface area contributed by atoms with E-state index in [-0.39, 0.29) is 22.9 Å². The van der Waals surface area contributed by atoms with Crippen LogP contribution in [0.2, 0.25) is 5.02 Å². The van der Waals surface area contributed by atoms with Gasteiger partial charge >= 0.3 is 0 Å². The summed E-state index contributed by atoms with van der Waals surface area (Å²) in [6.45, 7) is 0.240. The molecule has 3 aromatic rings. The van der Waals surface area contributed by atoms with E-state index in [2.05, 4.69) is 10.0 Å². The van der Waals surface area contributed by atoms with Crippen molar-refractivity contribution in [2.75, 3.05) is 14.2 Å². The Bertz CT molecular complexity index is 1190. The fourth-order valence-corrected chi connectivity index (χ4v) is 4.71. The van der Waals surface area contributed by atoms with Crippen LogP contribution in [0.1, 0.15) is 11.1 Å². The average Bonchev–Trinajstić information content (AvgIpc) is 2.83. The molecule has 1 atom stereocenters. The number of sulfonamides is 1. The Hall–Kier alpha value is -3.07. The molecule has 0 saturated heterocycles. The standard InChI is InChI=1S/C24H25ClN2O5S/c1-31-19-10-8-18(9-11-19)16-26-24(28)22(14-17-6-4-3-5-7-17)27-33(29,30)20-12-13-23(32-2)21(25)15-20/h3-13,15,22,27H,14,16H2,1-2H3,(H,26,28). The number of hydrogen-bond donors (Lipinski definition) is 2. The Morgan fingerprint density at radius 2 is 1.64 bits per heavy atom. The van der Waals surface area contributed by atoms with Gasteiger partial charge in [0.2, 0.25) is 15.9 Å². The van der Waals surface area contributed by atoms with Gasteiger partial charge in [0, 0.05) is 6.54 Å². The molecule has 1 amide bonds. The van der Waals surface area contributed by atoms with E-state index in [0.717, 1.165) is 11.1 Å². The van der Waals surface area contributed by atoms with E-state index in [0.29, 0.717) is 11.5 Å². The second kappa shape index (κ2) is 11.2. The molecule has 0 heterocycles. The van der Waals surface area contributed by atoms with Crippen molar-refractivity contribution in [3.05, 3.63) is 88.9 Å². The number of halogens is 1. The lowest BCUT2D eigenvalue weighted by Crippen LogP contribution is -2.47. The number of nitrogens with one attached hydrogen (secondary N) is 2. The normalized spacial score (nSPS) is 12.1. The molecule has 33 heavy (non-hydrogen) atoms. The third-order valence-corrected chi connectivity index (χ3v) is 6.72. The minimum absolute atomic E-state index is 0.0608. The van der Waals surface area contributed by atoms with Crippen molar-refractivity contribution < 1.29 is 22.7 Å². The number of benzene rings is 3. The van der Waals surface area contributed by atoms with Crippen molar-refractivity contribution in [1.29, 1.82) is 0 Å². The van der Waals surface area contributed by atoms with Crippen molar-refractivity contribution in [2.45, 2.75) is 23.9 Å². The van der Waals surface area contributed by atoms with Crippen LogP contribution in [0.3, 0.4) is 0 Å². The van der Waals surface area contributed by atoms with Gasteiger partial charge in [0.25, 0.3) is 0 Å². The quantitative estimate of drug-likeness (QED) is 0.455. The van der Waals surface area contributed by atoms with Crippen LogP contribution in [0.15, 0.2) is 77.7 Å². The van der Waals surface area contributed by atoms with Gasteiger partial charge in [0.05, 0.1) is 24.1 Å². The van der Waals surface area contributed by atoms with E-state index in [1.54, 1.807) is 19.2 Å². The molecule has 0 fully saturated rings. The Kier molecular flexibility index (Phi) is 8.32. The molecule has 3 rings (SSSR count). The maximum atomic E-state index is 13.0. The molecule has 7 nitrogen and oxygen atoms in total. The highest BCUT2D eigenvalue weighted by atomic mass is 35.5. The highest BCUT2D eigenvalue weighted by Crippen LogP contribution is 2.27. The van der Waals surface area contributed by atoms with E-state index >= 15 is 0 Å². The molecule has 9 heteroatoms. The fourth-order valence-electron chi connectivity index (χ4n) is 3.16. The monoisotopic (exact) mass is 488 g/mol. The molecule has 0 spiro atoms. The molecule has 1 unspecified atom stereocenters. The van der Waals surface area contributed by atoms with Gasteiger partial charge in [0.15, 0.2) is 0 Å². The molecule has 0 aliphatic heterocycles. The van der Waals surface area contributed by atoms with E-state index in [1.165, 1.54) is 25.3 Å². The first kappa shape index (κ1) is 24.6. The molecule has 0 aromatic heterocycles. The number of rotatable bonds is 10. The van der Waals surface area contributed by atoms with Crippen molar-refractivity contribution in [3.8, 4) is 11.5 Å². The summed E-state index contributed by atoms with van der Waals surface area (Å²) < 4.78 is 38.8. The summed E-state index contributed by atoms with van der Waals surface area (Å²) in [5.41, 5.74) is 1.67. The number of hydrogen-bond acceptors (Lipinski definition) is 5. The Morgan fingerprint density at radius 1 is 0.939 bits per heavy atom. The topological polar surface area (TPSA) is 93.7 Å². The Labute approximate surface area is 198 Å². The molecular formula is C24H25ClN2O5S. The number of carbonyl (C=O) groups is 1. The van der Waals surface area contributed by atoms with Crippen molar-refractivity contribution in [2.24, 2.45) is 0 Å². The zero-order chi connectivity index (χ0) is 23.8. The van der Waals surface area contributed by atoms with E-state index in [4.69, 9.17) is 21.1 Å². The highest BCUT2D eigenvalue weighted by molar-refractivity contribution is 7.89. The van der Waals surface area contributed by atoms with Gasteiger partial charge in [-0.1, -0.05) is 54.1 Å². The van der Waals surface area contributed by atoms with E-state index in [1.807, 2.05) is 42.5 Å². The fraction of sp³-hybridized carbons (Fsp3) is 0.208. The van der Waals surface area contributed by atoms with Crippen molar-refractivity contribution in [3.63, 3.8) is 0 Å². The third kappa shape index (κ3) is 6.71. The van der Waals surface area contributed by atoms with E-state index < -0.39 is 22.0 Å². The van der Waals surface area contributed by atoms with Crippen LogP contribution < -0.4 is 19.5 Å². The zero-order valence-corrected chi connectivity index (χ0v) is 19.8. The molecule has 0 aliphatic carbocycles. The molecule has 2 N–H and O–H groups in total. The van der Waals surface area contributed by atoms with E-state index in [9.17, 15) is 13.2 Å².